The van der Waals surface area contributed by atoms with Crippen LogP contribution in [0, 0.1) is 16.2 Å². The molecule has 0 aromatic rings. The number of rotatable bonds is 19. The summed E-state index contributed by atoms with van der Waals surface area (Å²) in [5.41, 5.74) is -1.66. The fraction of sp³-hybridized carbons (Fsp3) is 0.848. The molecule has 0 aliphatic carbocycles. The molecule has 0 aromatic carbocycles. The molecule has 4 N–H and O–H groups in total. The molecule has 256 valence electrons. The standard InChI is InChI=1S/C33H63N5O6/c1-23(2)36-25(39)20-38(21-26(40)37-24(3)4)27(41)14-17-34-28(42)31(8,9)16-19-44-33(12,13)15-18-35-29(43)32(10,11)22-30(5,6)7/h23-24H,14-22H2,1-13H3,(H,34,42)(H,35,43)(H,36,39)(H,37,40). The van der Waals surface area contributed by atoms with Gasteiger partial charge in [0.05, 0.1) is 5.60 Å². The topological polar surface area (TPSA) is 146 Å². The number of hydrogen-bond acceptors (Lipinski definition) is 6. The first-order valence-electron chi connectivity index (χ1n) is 15.9. The van der Waals surface area contributed by atoms with Gasteiger partial charge in [-0.15, -0.1) is 0 Å². The van der Waals surface area contributed by atoms with Crippen LogP contribution in [0.4, 0.5) is 0 Å². The second-order valence-corrected chi connectivity index (χ2v) is 15.6. The summed E-state index contributed by atoms with van der Waals surface area (Å²) in [5, 5.41) is 11.3. The quantitative estimate of drug-likeness (QED) is 0.173. The van der Waals surface area contributed by atoms with Gasteiger partial charge in [-0.1, -0.05) is 48.5 Å². The van der Waals surface area contributed by atoms with Crippen molar-refractivity contribution in [2.24, 2.45) is 16.2 Å². The van der Waals surface area contributed by atoms with Gasteiger partial charge in [0, 0.05) is 49.0 Å². The smallest absolute Gasteiger partial charge is 0.239 e. The molecule has 11 nitrogen and oxygen atoms in total. The van der Waals surface area contributed by atoms with E-state index in [1.54, 1.807) is 0 Å². The number of nitrogens with one attached hydrogen (secondary N) is 4. The Morgan fingerprint density at radius 3 is 1.57 bits per heavy atom. The van der Waals surface area contributed by atoms with Crippen LogP contribution in [-0.4, -0.2) is 84.9 Å². The molecule has 0 spiro atoms. The second-order valence-electron chi connectivity index (χ2n) is 15.6. The molecule has 0 fully saturated rings. The zero-order valence-electron chi connectivity index (χ0n) is 29.9. The lowest BCUT2D eigenvalue weighted by Gasteiger charge is -2.32. The van der Waals surface area contributed by atoms with Crippen LogP contribution >= 0.6 is 0 Å². The third-order valence-electron chi connectivity index (χ3n) is 6.98. The van der Waals surface area contributed by atoms with Gasteiger partial charge >= 0.3 is 0 Å². The lowest BCUT2D eigenvalue weighted by atomic mass is 9.75. The van der Waals surface area contributed by atoms with E-state index in [0.717, 1.165) is 6.42 Å². The van der Waals surface area contributed by atoms with Crippen LogP contribution in [0.1, 0.15) is 116 Å². The van der Waals surface area contributed by atoms with Gasteiger partial charge in [0.25, 0.3) is 0 Å². The summed E-state index contributed by atoms with van der Waals surface area (Å²) in [6, 6.07) is -0.201. The van der Waals surface area contributed by atoms with Crippen molar-refractivity contribution < 1.29 is 28.7 Å². The minimum Gasteiger partial charge on any atom is -0.375 e. The van der Waals surface area contributed by atoms with Gasteiger partial charge in [-0.05, 0) is 66.2 Å². The monoisotopic (exact) mass is 625 g/mol. The zero-order valence-corrected chi connectivity index (χ0v) is 29.9. The summed E-state index contributed by atoms with van der Waals surface area (Å²) in [4.78, 5) is 64.4. The van der Waals surface area contributed by atoms with Crippen LogP contribution in [0.25, 0.3) is 0 Å². The van der Waals surface area contributed by atoms with Gasteiger partial charge in [0.2, 0.25) is 29.5 Å². The van der Waals surface area contributed by atoms with Gasteiger partial charge in [0.15, 0.2) is 0 Å². The van der Waals surface area contributed by atoms with Gasteiger partial charge in [-0.3, -0.25) is 24.0 Å². The molecule has 0 radical (unpaired) electrons. The molecular weight excluding hydrogens is 562 g/mol. The second kappa shape index (κ2) is 17.7. The van der Waals surface area contributed by atoms with E-state index in [2.05, 4.69) is 42.0 Å². The minimum atomic E-state index is -0.752. The number of carbonyl (C=O) groups is 5. The Morgan fingerprint density at radius 2 is 1.11 bits per heavy atom. The largest absolute Gasteiger partial charge is 0.375 e. The molecule has 0 saturated carbocycles. The Hall–Kier alpha value is -2.69. The average Bonchev–Trinajstić information content (AvgIpc) is 2.80. The molecule has 0 atom stereocenters. The Kier molecular flexibility index (Phi) is 16.6. The molecule has 0 rings (SSSR count). The first-order chi connectivity index (χ1) is 19.9. The summed E-state index contributed by atoms with van der Waals surface area (Å²) >= 11 is 0. The van der Waals surface area contributed by atoms with Crippen LogP contribution < -0.4 is 21.3 Å². The van der Waals surface area contributed by atoms with E-state index in [9.17, 15) is 24.0 Å². The maximum atomic E-state index is 12.9. The highest BCUT2D eigenvalue weighted by atomic mass is 16.5. The van der Waals surface area contributed by atoms with Crippen molar-refractivity contribution in [2.75, 3.05) is 32.8 Å². The maximum Gasteiger partial charge on any atom is 0.239 e. The molecule has 0 saturated heterocycles. The summed E-state index contributed by atoms with van der Waals surface area (Å²) in [6.07, 6.45) is 1.81. The van der Waals surface area contributed by atoms with Crippen molar-refractivity contribution in [3.05, 3.63) is 0 Å². The predicted octanol–water partition coefficient (Wildman–Crippen LogP) is 3.55. The molecule has 5 amide bonds. The number of hydrogen-bond donors (Lipinski definition) is 4. The van der Waals surface area contributed by atoms with Crippen molar-refractivity contribution in [3.63, 3.8) is 0 Å². The van der Waals surface area contributed by atoms with Crippen LogP contribution in [-0.2, 0) is 28.7 Å². The fourth-order valence-corrected chi connectivity index (χ4v) is 4.89. The summed E-state index contributed by atoms with van der Waals surface area (Å²) in [5.74, 6) is -1.31. The highest BCUT2D eigenvalue weighted by Gasteiger charge is 2.33. The maximum absolute atomic E-state index is 12.9. The van der Waals surface area contributed by atoms with Crippen molar-refractivity contribution in [1.82, 2.24) is 26.2 Å². The van der Waals surface area contributed by atoms with Crippen molar-refractivity contribution in [3.8, 4) is 0 Å². The lowest BCUT2D eigenvalue weighted by molar-refractivity contribution is -0.140. The van der Waals surface area contributed by atoms with Gasteiger partial charge in [0.1, 0.15) is 13.1 Å². The highest BCUT2D eigenvalue weighted by Crippen LogP contribution is 2.33. The number of nitrogens with zero attached hydrogens (tertiary/aromatic N) is 1. The molecule has 0 aromatic heterocycles. The predicted molar refractivity (Wildman–Crippen MR) is 175 cm³/mol. The van der Waals surface area contributed by atoms with Crippen molar-refractivity contribution in [1.29, 1.82) is 0 Å². The fourth-order valence-electron chi connectivity index (χ4n) is 4.89. The first-order valence-corrected chi connectivity index (χ1v) is 15.9. The summed E-state index contributed by atoms with van der Waals surface area (Å²) in [6.45, 7) is 25.6. The molecule has 0 aliphatic rings. The van der Waals surface area contributed by atoms with Crippen LogP contribution in [0.3, 0.4) is 0 Å². The van der Waals surface area contributed by atoms with E-state index in [1.165, 1.54) is 4.90 Å². The summed E-state index contributed by atoms with van der Waals surface area (Å²) < 4.78 is 6.10. The van der Waals surface area contributed by atoms with E-state index in [1.807, 2.05) is 69.2 Å². The number of carbonyl (C=O) groups excluding carboxylic acids is 5. The Bertz CT molecular complexity index is 942. The summed E-state index contributed by atoms with van der Waals surface area (Å²) in [7, 11) is 0. The zero-order chi connectivity index (χ0) is 34.5. The van der Waals surface area contributed by atoms with E-state index >= 15 is 0 Å². The number of ether oxygens (including phenoxy) is 1. The molecular formula is C33H63N5O6. The Morgan fingerprint density at radius 1 is 0.659 bits per heavy atom. The van der Waals surface area contributed by atoms with E-state index in [0.29, 0.717) is 26.0 Å². The SMILES string of the molecule is CC(C)NC(=O)CN(CC(=O)NC(C)C)C(=O)CCNC(=O)C(C)(C)CCOC(C)(C)CCNC(=O)C(C)(C)CC(C)(C)C. The molecule has 0 aliphatic heterocycles. The number of amides is 5. The third kappa shape index (κ3) is 18.2. The molecule has 0 unspecified atom stereocenters. The molecule has 44 heavy (non-hydrogen) atoms. The third-order valence-corrected chi connectivity index (χ3v) is 6.98. The lowest BCUT2D eigenvalue weighted by Crippen LogP contribution is -2.48. The Balaban J connectivity index is 4.82. The van der Waals surface area contributed by atoms with Gasteiger partial charge < -0.3 is 30.9 Å². The molecule has 11 heteroatoms. The van der Waals surface area contributed by atoms with E-state index < -0.39 is 22.3 Å². The first kappa shape index (κ1) is 41.3. The van der Waals surface area contributed by atoms with Crippen LogP contribution in [0.2, 0.25) is 0 Å². The average molecular weight is 626 g/mol. The van der Waals surface area contributed by atoms with E-state index in [-0.39, 0.29) is 67.2 Å². The minimum absolute atomic E-state index is 0.0280. The Labute approximate surface area is 266 Å². The van der Waals surface area contributed by atoms with Crippen LogP contribution in [0.15, 0.2) is 0 Å². The van der Waals surface area contributed by atoms with E-state index in [4.69, 9.17) is 4.74 Å². The van der Waals surface area contributed by atoms with Gasteiger partial charge in [-0.2, -0.15) is 0 Å². The normalized spacial score (nSPS) is 12.6. The highest BCUT2D eigenvalue weighted by molar-refractivity contribution is 5.89. The van der Waals surface area contributed by atoms with Crippen LogP contribution in [0.5, 0.6) is 0 Å². The van der Waals surface area contributed by atoms with Crippen molar-refractivity contribution >= 4 is 29.5 Å². The molecule has 0 heterocycles. The van der Waals surface area contributed by atoms with Gasteiger partial charge in [-0.25, -0.2) is 0 Å². The van der Waals surface area contributed by atoms with Crippen molar-refractivity contribution in [2.45, 2.75) is 133 Å². The molecule has 0 bridgehead atoms.